The van der Waals surface area contributed by atoms with Gasteiger partial charge in [0.05, 0.1) is 30.1 Å². The second-order valence-electron chi connectivity index (χ2n) is 6.36. The Hall–Kier alpha value is -2.21. The molecule has 0 radical (unpaired) electrons. The molecular formula is C20H24N2O3S. The number of carbonyl (C=O) groups excluding carboxylic acids is 2. The minimum absolute atomic E-state index is 0.0112. The fourth-order valence-electron chi connectivity index (χ4n) is 3.35. The Morgan fingerprint density at radius 3 is 2.81 bits per heavy atom. The number of anilines is 1. The van der Waals surface area contributed by atoms with Crippen molar-refractivity contribution in [3.63, 3.8) is 0 Å². The number of para-hydroxylation sites is 1. The number of aromatic nitrogens is 1. The molecule has 0 spiro atoms. The first-order valence-corrected chi connectivity index (χ1v) is 9.87. The second kappa shape index (κ2) is 7.99. The summed E-state index contributed by atoms with van der Waals surface area (Å²) in [5.41, 5.74) is 3.43. The van der Waals surface area contributed by atoms with Gasteiger partial charge in [-0.2, -0.15) is 0 Å². The van der Waals surface area contributed by atoms with Gasteiger partial charge in [-0.1, -0.05) is 12.1 Å². The Kier molecular flexibility index (Phi) is 5.71. The zero-order chi connectivity index (χ0) is 18.7. The number of carbonyl (C=O) groups is 2. The van der Waals surface area contributed by atoms with Crippen molar-refractivity contribution in [3.8, 4) is 0 Å². The molecule has 1 aliphatic rings. The second-order valence-corrected chi connectivity index (χ2v) is 7.50. The molecule has 138 valence electrons. The van der Waals surface area contributed by atoms with Gasteiger partial charge in [-0.15, -0.1) is 11.8 Å². The van der Waals surface area contributed by atoms with Crippen molar-refractivity contribution in [2.45, 2.75) is 32.1 Å². The van der Waals surface area contributed by atoms with E-state index in [0.29, 0.717) is 35.7 Å². The van der Waals surface area contributed by atoms with Gasteiger partial charge in [0.2, 0.25) is 0 Å². The highest BCUT2D eigenvalue weighted by atomic mass is 32.2. The van der Waals surface area contributed by atoms with Crippen molar-refractivity contribution in [1.82, 2.24) is 4.98 Å². The van der Waals surface area contributed by atoms with Gasteiger partial charge in [0.25, 0.3) is 0 Å². The summed E-state index contributed by atoms with van der Waals surface area (Å²) in [6.07, 6.45) is 1.03. The minimum Gasteiger partial charge on any atom is -0.462 e. The highest BCUT2D eigenvalue weighted by Gasteiger charge is 2.25. The van der Waals surface area contributed by atoms with Gasteiger partial charge in [-0.25, -0.2) is 4.79 Å². The lowest BCUT2D eigenvalue weighted by atomic mass is 10.1. The molecule has 1 N–H and O–H groups in total. The van der Waals surface area contributed by atoms with Crippen molar-refractivity contribution in [1.29, 1.82) is 0 Å². The SMILES string of the molecule is CCOC(=O)c1c(C)[nH]c(C(=O)CN2CCCSc3ccccc32)c1C. The Morgan fingerprint density at radius 1 is 1.27 bits per heavy atom. The summed E-state index contributed by atoms with van der Waals surface area (Å²) >= 11 is 1.83. The molecule has 0 bridgehead atoms. The molecule has 3 rings (SSSR count). The molecule has 0 amide bonds. The highest BCUT2D eigenvalue weighted by Crippen LogP contribution is 2.33. The van der Waals surface area contributed by atoms with Crippen LogP contribution in [0.3, 0.4) is 0 Å². The van der Waals surface area contributed by atoms with Crippen LogP contribution in [0.5, 0.6) is 0 Å². The topological polar surface area (TPSA) is 62.4 Å². The van der Waals surface area contributed by atoms with E-state index in [-0.39, 0.29) is 11.8 Å². The molecule has 1 aromatic carbocycles. The van der Waals surface area contributed by atoms with Crippen LogP contribution in [0.2, 0.25) is 0 Å². The maximum Gasteiger partial charge on any atom is 0.340 e. The monoisotopic (exact) mass is 372 g/mol. The number of nitrogens with zero attached hydrogens (tertiary/aromatic N) is 1. The van der Waals surface area contributed by atoms with Gasteiger partial charge < -0.3 is 14.6 Å². The van der Waals surface area contributed by atoms with Crippen LogP contribution in [0.1, 0.15) is 45.4 Å². The number of aromatic amines is 1. The van der Waals surface area contributed by atoms with E-state index < -0.39 is 0 Å². The largest absolute Gasteiger partial charge is 0.462 e. The lowest BCUT2D eigenvalue weighted by Crippen LogP contribution is -2.31. The van der Waals surface area contributed by atoms with Gasteiger partial charge in [-0.3, -0.25) is 4.79 Å². The number of rotatable bonds is 5. The maximum absolute atomic E-state index is 13.0. The number of Topliss-reactive ketones (excluding diaryl/α,β-unsaturated/α-hetero) is 1. The van der Waals surface area contributed by atoms with Crippen LogP contribution in [-0.4, -0.2) is 42.2 Å². The average molecular weight is 372 g/mol. The number of aryl methyl sites for hydroxylation is 1. The molecular weight excluding hydrogens is 348 g/mol. The number of hydrogen-bond acceptors (Lipinski definition) is 5. The number of ketones is 1. The number of thioether (sulfide) groups is 1. The van der Waals surface area contributed by atoms with E-state index in [1.54, 1.807) is 20.8 Å². The van der Waals surface area contributed by atoms with Crippen LogP contribution >= 0.6 is 11.8 Å². The summed E-state index contributed by atoms with van der Waals surface area (Å²) in [5.74, 6) is 0.659. The first kappa shape index (κ1) is 18.6. The predicted molar refractivity (Wildman–Crippen MR) is 105 cm³/mol. The summed E-state index contributed by atoms with van der Waals surface area (Å²) in [4.78, 5) is 31.6. The molecule has 26 heavy (non-hydrogen) atoms. The van der Waals surface area contributed by atoms with Crippen LogP contribution in [0.15, 0.2) is 29.2 Å². The van der Waals surface area contributed by atoms with E-state index in [2.05, 4.69) is 22.0 Å². The molecule has 1 aromatic heterocycles. The highest BCUT2D eigenvalue weighted by molar-refractivity contribution is 7.99. The van der Waals surface area contributed by atoms with Crippen molar-refractivity contribution in [2.75, 3.05) is 30.3 Å². The third-order valence-corrected chi connectivity index (χ3v) is 5.72. The van der Waals surface area contributed by atoms with Crippen LogP contribution < -0.4 is 4.90 Å². The molecule has 0 fully saturated rings. The van der Waals surface area contributed by atoms with E-state index in [4.69, 9.17) is 4.74 Å². The first-order valence-electron chi connectivity index (χ1n) is 8.89. The summed E-state index contributed by atoms with van der Waals surface area (Å²) < 4.78 is 5.11. The fraction of sp³-hybridized carbons (Fsp3) is 0.400. The Balaban J connectivity index is 1.85. The van der Waals surface area contributed by atoms with Crippen LogP contribution in [0, 0.1) is 13.8 Å². The average Bonchev–Trinajstić information content (AvgIpc) is 2.79. The molecule has 2 aromatic rings. The number of hydrogen-bond donors (Lipinski definition) is 1. The number of ether oxygens (including phenoxy) is 1. The predicted octanol–water partition coefficient (Wildman–Crippen LogP) is 3.99. The van der Waals surface area contributed by atoms with Gasteiger partial charge in [0, 0.05) is 17.1 Å². The number of benzene rings is 1. The van der Waals surface area contributed by atoms with Gasteiger partial charge in [-0.05, 0) is 50.6 Å². The Bertz CT molecular complexity index is 828. The lowest BCUT2D eigenvalue weighted by molar-refractivity contribution is 0.0525. The molecule has 5 nitrogen and oxygen atoms in total. The molecule has 6 heteroatoms. The summed E-state index contributed by atoms with van der Waals surface area (Å²) in [6.45, 7) is 6.83. The molecule has 0 aliphatic carbocycles. The van der Waals surface area contributed by atoms with Crippen LogP contribution in [0.4, 0.5) is 5.69 Å². The van der Waals surface area contributed by atoms with Crippen LogP contribution in [-0.2, 0) is 4.74 Å². The quantitative estimate of drug-likeness (QED) is 0.635. The van der Waals surface area contributed by atoms with Crippen molar-refractivity contribution in [2.24, 2.45) is 0 Å². The third kappa shape index (κ3) is 3.65. The summed E-state index contributed by atoms with van der Waals surface area (Å²) in [6, 6.07) is 8.20. The zero-order valence-corrected chi connectivity index (χ0v) is 16.2. The zero-order valence-electron chi connectivity index (χ0n) is 15.4. The molecule has 0 unspecified atom stereocenters. The van der Waals surface area contributed by atoms with E-state index >= 15 is 0 Å². The molecule has 1 aliphatic heterocycles. The van der Waals surface area contributed by atoms with E-state index in [1.165, 1.54) is 4.90 Å². The summed E-state index contributed by atoms with van der Waals surface area (Å²) in [5, 5.41) is 0. The smallest absolute Gasteiger partial charge is 0.340 e. The molecule has 0 atom stereocenters. The molecule has 0 saturated carbocycles. The lowest BCUT2D eigenvalue weighted by Gasteiger charge is -2.23. The third-order valence-electron chi connectivity index (χ3n) is 4.57. The molecule has 0 saturated heterocycles. The summed E-state index contributed by atoms with van der Waals surface area (Å²) in [7, 11) is 0. The van der Waals surface area contributed by atoms with Gasteiger partial charge in [0.15, 0.2) is 5.78 Å². The normalized spacial score (nSPS) is 13.9. The minimum atomic E-state index is -0.380. The van der Waals surface area contributed by atoms with E-state index in [1.807, 2.05) is 23.9 Å². The Morgan fingerprint density at radius 2 is 2.04 bits per heavy atom. The molecule has 2 heterocycles. The number of fused-ring (bicyclic) bond motifs is 1. The fourth-order valence-corrected chi connectivity index (χ4v) is 4.37. The van der Waals surface area contributed by atoms with Crippen LogP contribution in [0.25, 0.3) is 0 Å². The standard InChI is InChI=1S/C20H24N2O3S/c1-4-25-20(24)18-13(2)19(21-14(18)3)16(23)12-22-10-7-11-26-17-9-6-5-8-15(17)22/h5-6,8-9,21H,4,7,10-12H2,1-3H3. The van der Waals surface area contributed by atoms with E-state index in [9.17, 15) is 9.59 Å². The van der Waals surface area contributed by atoms with Crippen molar-refractivity contribution < 1.29 is 14.3 Å². The number of nitrogens with one attached hydrogen (secondary N) is 1. The van der Waals surface area contributed by atoms with Gasteiger partial charge >= 0.3 is 5.97 Å². The van der Waals surface area contributed by atoms with Crippen molar-refractivity contribution in [3.05, 3.63) is 46.8 Å². The Labute approximate surface area is 158 Å². The van der Waals surface area contributed by atoms with Gasteiger partial charge in [0.1, 0.15) is 0 Å². The number of esters is 1. The van der Waals surface area contributed by atoms with E-state index in [0.717, 1.165) is 24.4 Å². The van der Waals surface area contributed by atoms with Crippen molar-refractivity contribution >= 4 is 29.2 Å². The first-order chi connectivity index (χ1) is 12.5. The number of H-pyrrole nitrogens is 1. The maximum atomic E-state index is 13.0.